The molecule has 3 N–H and O–H groups in total. The van der Waals surface area contributed by atoms with Gasteiger partial charge in [-0.3, -0.25) is 4.90 Å². The average molecular weight is 299 g/mol. The first kappa shape index (κ1) is 15.4. The molecular formula is C13H21N3O3S. The van der Waals surface area contributed by atoms with Gasteiger partial charge in [0.15, 0.2) is 0 Å². The fourth-order valence-corrected chi connectivity index (χ4v) is 3.19. The van der Waals surface area contributed by atoms with Gasteiger partial charge in [-0.25, -0.2) is 13.1 Å². The number of nitrogens with one attached hydrogen (secondary N) is 2. The topological polar surface area (TPSA) is 81.7 Å². The molecule has 0 radical (unpaired) electrons. The van der Waals surface area contributed by atoms with E-state index in [1.807, 2.05) is 12.1 Å². The minimum absolute atomic E-state index is 0.0326. The highest BCUT2D eigenvalue weighted by Crippen LogP contribution is 2.12. The summed E-state index contributed by atoms with van der Waals surface area (Å²) in [5, 5.41) is 12.0. The van der Waals surface area contributed by atoms with E-state index in [0.717, 1.165) is 38.3 Å². The van der Waals surface area contributed by atoms with Gasteiger partial charge in [0.25, 0.3) is 0 Å². The van der Waals surface area contributed by atoms with Crippen LogP contribution in [0.25, 0.3) is 0 Å². The standard InChI is InChI=1S/C13H21N3O3S/c17-10-7-15-20(18,19)13-3-1-12(2-4-13)11-16-8-5-14-6-9-16/h1-4,14-15,17H,5-11H2. The van der Waals surface area contributed by atoms with Crippen LogP contribution in [-0.2, 0) is 16.6 Å². The second-order valence-electron chi connectivity index (χ2n) is 4.79. The summed E-state index contributed by atoms with van der Waals surface area (Å²) in [7, 11) is -3.51. The predicted molar refractivity (Wildman–Crippen MR) is 76.9 cm³/mol. The maximum atomic E-state index is 11.9. The lowest BCUT2D eigenvalue weighted by Crippen LogP contribution is -2.42. The van der Waals surface area contributed by atoms with Crippen molar-refractivity contribution < 1.29 is 13.5 Å². The normalized spacial score (nSPS) is 17.2. The number of hydrogen-bond acceptors (Lipinski definition) is 5. The highest BCUT2D eigenvalue weighted by Gasteiger charge is 2.14. The monoisotopic (exact) mass is 299 g/mol. The lowest BCUT2D eigenvalue weighted by atomic mass is 10.2. The van der Waals surface area contributed by atoms with Crippen molar-refractivity contribution in [2.75, 3.05) is 39.3 Å². The van der Waals surface area contributed by atoms with Crippen LogP contribution in [0.2, 0.25) is 0 Å². The first-order chi connectivity index (χ1) is 9.62. The van der Waals surface area contributed by atoms with Crippen molar-refractivity contribution in [3.8, 4) is 0 Å². The summed E-state index contributed by atoms with van der Waals surface area (Å²) < 4.78 is 26.0. The van der Waals surface area contributed by atoms with Gasteiger partial charge >= 0.3 is 0 Å². The lowest BCUT2D eigenvalue weighted by Gasteiger charge is -2.27. The van der Waals surface area contributed by atoms with Crippen molar-refractivity contribution in [2.24, 2.45) is 0 Å². The molecular weight excluding hydrogens is 278 g/mol. The van der Waals surface area contributed by atoms with Crippen LogP contribution in [0.15, 0.2) is 29.2 Å². The van der Waals surface area contributed by atoms with Crippen LogP contribution in [0.1, 0.15) is 5.56 Å². The Morgan fingerprint density at radius 1 is 1.20 bits per heavy atom. The Balaban J connectivity index is 1.98. The number of nitrogens with zero attached hydrogens (tertiary/aromatic N) is 1. The molecule has 1 fully saturated rings. The Hall–Kier alpha value is -0.990. The molecule has 1 heterocycles. The molecule has 112 valence electrons. The van der Waals surface area contributed by atoms with Crippen LogP contribution in [0.4, 0.5) is 0 Å². The molecule has 7 heteroatoms. The number of rotatable bonds is 6. The summed E-state index contributed by atoms with van der Waals surface area (Å²) >= 11 is 0. The van der Waals surface area contributed by atoms with E-state index >= 15 is 0 Å². The first-order valence-corrected chi connectivity index (χ1v) is 8.23. The number of aliphatic hydroxyl groups excluding tert-OH is 1. The maximum absolute atomic E-state index is 11.9. The highest BCUT2D eigenvalue weighted by molar-refractivity contribution is 7.89. The molecule has 1 aromatic rings. The van der Waals surface area contributed by atoms with Gasteiger partial charge in [-0.2, -0.15) is 0 Å². The minimum Gasteiger partial charge on any atom is -0.395 e. The Morgan fingerprint density at radius 2 is 1.85 bits per heavy atom. The molecule has 20 heavy (non-hydrogen) atoms. The fourth-order valence-electron chi connectivity index (χ4n) is 2.16. The quantitative estimate of drug-likeness (QED) is 0.651. The summed E-state index contributed by atoms with van der Waals surface area (Å²) in [5.74, 6) is 0. The second kappa shape index (κ2) is 7.14. The molecule has 0 bridgehead atoms. The van der Waals surface area contributed by atoms with Gasteiger partial charge in [-0.1, -0.05) is 12.1 Å². The summed E-state index contributed by atoms with van der Waals surface area (Å²) in [6.07, 6.45) is 0. The van der Waals surface area contributed by atoms with Gasteiger partial charge in [0.05, 0.1) is 11.5 Å². The van der Waals surface area contributed by atoms with Crippen molar-refractivity contribution in [2.45, 2.75) is 11.4 Å². The zero-order valence-corrected chi connectivity index (χ0v) is 12.2. The third-order valence-electron chi connectivity index (χ3n) is 3.25. The van der Waals surface area contributed by atoms with Crippen LogP contribution in [0.5, 0.6) is 0 Å². The van der Waals surface area contributed by atoms with Crippen molar-refractivity contribution in [3.63, 3.8) is 0 Å². The summed E-state index contributed by atoms with van der Waals surface area (Å²) in [6.45, 7) is 4.68. The smallest absolute Gasteiger partial charge is 0.240 e. The zero-order valence-electron chi connectivity index (χ0n) is 11.4. The maximum Gasteiger partial charge on any atom is 0.240 e. The van der Waals surface area contributed by atoms with Crippen molar-refractivity contribution >= 4 is 10.0 Å². The van der Waals surface area contributed by atoms with Crippen molar-refractivity contribution in [3.05, 3.63) is 29.8 Å². The Bertz CT molecular complexity index is 510. The SMILES string of the molecule is O=S(=O)(NCCO)c1ccc(CN2CCNCC2)cc1. The fraction of sp³-hybridized carbons (Fsp3) is 0.538. The van der Waals surface area contributed by atoms with E-state index in [-0.39, 0.29) is 18.0 Å². The molecule has 0 saturated carbocycles. The van der Waals surface area contributed by atoms with Gasteiger partial charge in [0, 0.05) is 39.3 Å². The molecule has 1 aromatic carbocycles. The molecule has 1 aliphatic heterocycles. The molecule has 1 aliphatic rings. The highest BCUT2D eigenvalue weighted by atomic mass is 32.2. The number of sulfonamides is 1. The Labute approximate surface area is 119 Å². The number of piperazine rings is 1. The van der Waals surface area contributed by atoms with E-state index in [9.17, 15) is 8.42 Å². The molecule has 0 unspecified atom stereocenters. The predicted octanol–water partition coefficient (Wildman–Crippen LogP) is -0.638. The van der Waals surface area contributed by atoms with E-state index < -0.39 is 10.0 Å². The molecule has 0 atom stereocenters. The van der Waals surface area contributed by atoms with Crippen LogP contribution in [0.3, 0.4) is 0 Å². The van der Waals surface area contributed by atoms with Crippen LogP contribution < -0.4 is 10.0 Å². The Morgan fingerprint density at radius 3 is 2.45 bits per heavy atom. The van der Waals surface area contributed by atoms with Crippen LogP contribution in [0, 0.1) is 0 Å². The number of aliphatic hydroxyl groups is 1. The number of hydrogen-bond donors (Lipinski definition) is 3. The lowest BCUT2D eigenvalue weighted by molar-refractivity contribution is 0.233. The molecule has 6 nitrogen and oxygen atoms in total. The van der Waals surface area contributed by atoms with E-state index in [1.165, 1.54) is 0 Å². The molecule has 1 saturated heterocycles. The second-order valence-corrected chi connectivity index (χ2v) is 6.56. The molecule has 0 amide bonds. The summed E-state index contributed by atoms with van der Waals surface area (Å²) in [5.41, 5.74) is 1.10. The number of benzene rings is 1. The van der Waals surface area contributed by atoms with Crippen molar-refractivity contribution in [1.82, 2.24) is 14.9 Å². The van der Waals surface area contributed by atoms with Crippen LogP contribution in [-0.4, -0.2) is 57.8 Å². The van der Waals surface area contributed by atoms with Gasteiger partial charge in [0.2, 0.25) is 10.0 Å². The third-order valence-corrected chi connectivity index (χ3v) is 4.73. The van der Waals surface area contributed by atoms with Gasteiger partial charge in [-0.15, -0.1) is 0 Å². The van der Waals surface area contributed by atoms with E-state index in [2.05, 4.69) is 14.9 Å². The minimum atomic E-state index is -3.51. The van der Waals surface area contributed by atoms with Gasteiger partial charge in [0.1, 0.15) is 0 Å². The first-order valence-electron chi connectivity index (χ1n) is 6.74. The molecule has 0 aromatic heterocycles. The van der Waals surface area contributed by atoms with Gasteiger partial charge in [-0.05, 0) is 17.7 Å². The molecule has 0 aliphatic carbocycles. The van der Waals surface area contributed by atoms with E-state index in [1.54, 1.807) is 12.1 Å². The summed E-state index contributed by atoms with van der Waals surface area (Å²) in [4.78, 5) is 2.57. The molecule has 2 rings (SSSR count). The van der Waals surface area contributed by atoms with Crippen molar-refractivity contribution in [1.29, 1.82) is 0 Å². The average Bonchev–Trinajstić information content (AvgIpc) is 2.47. The van der Waals surface area contributed by atoms with Gasteiger partial charge < -0.3 is 10.4 Å². The van der Waals surface area contributed by atoms with Crippen LogP contribution >= 0.6 is 0 Å². The Kier molecular flexibility index (Phi) is 5.50. The van der Waals surface area contributed by atoms with E-state index in [4.69, 9.17) is 5.11 Å². The zero-order chi connectivity index (χ0) is 14.4. The third kappa shape index (κ3) is 4.26. The van der Waals surface area contributed by atoms with E-state index in [0.29, 0.717) is 0 Å². The largest absolute Gasteiger partial charge is 0.395 e. The molecule has 0 spiro atoms. The summed E-state index contributed by atoms with van der Waals surface area (Å²) in [6, 6.07) is 6.90.